The molecule has 0 amide bonds. The van der Waals surface area contributed by atoms with Crippen LogP contribution >= 0.6 is 0 Å². The van der Waals surface area contributed by atoms with Gasteiger partial charge in [-0.25, -0.2) is 0 Å². The van der Waals surface area contributed by atoms with Gasteiger partial charge in [0.25, 0.3) is 0 Å². The van der Waals surface area contributed by atoms with E-state index in [0.29, 0.717) is 11.5 Å². The summed E-state index contributed by atoms with van der Waals surface area (Å²) < 4.78 is 0. The first-order chi connectivity index (χ1) is 26.2. The lowest BCUT2D eigenvalue weighted by molar-refractivity contribution is 0.473. The number of hydrogen-bond acceptors (Lipinski definition) is 6. The highest BCUT2D eigenvalue weighted by atomic mass is 16.3. The molecule has 0 aromatic heterocycles. The zero-order chi connectivity index (χ0) is 40.0. The van der Waals surface area contributed by atoms with Crippen LogP contribution in [0.2, 0.25) is 0 Å². The van der Waals surface area contributed by atoms with E-state index in [0.717, 1.165) is 39.8 Å². The topological polar surface area (TPSA) is 121 Å². The first kappa shape index (κ1) is 43.7. The van der Waals surface area contributed by atoms with Crippen molar-refractivity contribution in [3.63, 3.8) is 0 Å². The molecule has 7 aromatic carbocycles. The molecule has 0 fully saturated rings. The summed E-state index contributed by atoms with van der Waals surface area (Å²) >= 11 is 0. The second kappa shape index (κ2) is 20.7. The van der Waals surface area contributed by atoms with Crippen LogP contribution in [0.4, 0.5) is 0 Å². The molecule has 0 heterocycles. The summed E-state index contributed by atoms with van der Waals surface area (Å²) in [6.07, 6.45) is 0.806. The van der Waals surface area contributed by atoms with Gasteiger partial charge in [0.05, 0.1) is 0 Å². The molecule has 7 aromatic rings. The molecule has 56 heavy (non-hydrogen) atoms. The van der Waals surface area contributed by atoms with Crippen LogP contribution in [0.3, 0.4) is 0 Å². The van der Waals surface area contributed by atoms with Crippen molar-refractivity contribution >= 4 is 0 Å². The van der Waals surface area contributed by atoms with Gasteiger partial charge in [0.2, 0.25) is 0 Å². The van der Waals surface area contributed by atoms with E-state index < -0.39 is 0 Å². The molecule has 0 saturated heterocycles. The third-order valence-corrected chi connectivity index (χ3v) is 9.02. The van der Waals surface area contributed by atoms with Gasteiger partial charge in [0, 0.05) is 11.0 Å². The van der Waals surface area contributed by atoms with Crippen LogP contribution in [0.15, 0.2) is 164 Å². The SMILES string of the molecule is C.Cc1ccc(-c2cc(C(C)(C)c3ccc(O)cc3)ccc2O)cc1.Cc1ccc(O)cc1.Cc1ccc(O)cc1.Oc1ccc(Cc2ccc(O)cc2)cc1. The summed E-state index contributed by atoms with van der Waals surface area (Å²) in [6.45, 7) is 10.3. The maximum absolute atomic E-state index is 10.3. The fourth-order valence-corrected chi connectivity index (χ4v) is 5.49. The first-order valence-electron chi connectivity index (χ1n) is 18.0. The lowest BCUT2D eigenvalue weighted by Gasteiger charge is -2.27. The van der Waals surface area contributed by atoms with Crippen molar-refractivity contribution in [1.29, 1.82) is 0 Å². The predicted octanol–water partition coefficient (Wildman–Crippen LogP) is 12.1. The van der Waals surface area contributed by atoms with E-state index in [1.54, 1.807) is 66.7 Å². The van der Waals surface area contributed by atoms with Crippen molar-refractivity contribution in [3.05, 3.63) is 203 Å². The summed E-state index contributed by atoms with van der Waals surface area (Å²) in [5, 5.41) is 55.6. The number of benzene rings is 7. The molecule has 0 unspecified atom stereocenters. The molecule has 290 valence electrons. The Hall–Kier alpha value is -6.66. The maximum Gasteiger partial charge on any atom is 0.123 e. The molecule has 0 bridgehead atoms. The van der Waals surface area contributed by atoms with Gasteiger partial charge in [0.1, 0.15) is 34.5 Å². The molecule has 0 atom stereocenters. The van der Waals surface area contributed by atoms with E-state index in [1.807, 2.05) is 118 Å². The van der Waals surface area contributed by atoms with Gasteiger partial charge in [-0.2, -0.15) is 0 Å². The fourth-order valence-electron chi connectivity index (χ4n) is 5.49. The third-order valence-electron chi connectivity index (χ3n) is 9.02. The number of rotatable bonds is 5. The molecular weight excluding hydrogens is 697 g/mol. The minimum absolute atomic E-state index is 0. The van der Waals surface area contributed by atoms with E-state index in [1.165, 1.54) is 16.7 Å². The Balaban J connectivity index is 0.000000223. The Kier molecular flexibility index (Phi) is 16.2. The van der Waals surface area contributed by atoms with Crippen LogP contribution in [-0.4, -0.2) is 30.6 Å². The second-order valence-corrected chi connectivity index (χ2v) is 14.0. The monoisotopic (exact) mass is 750 g/mol. The second-order valence-electron chi connectivity index (χ2n) is 14.0. The van der Waals surface area contributed by atoms with Crippen molar-refractivity contribution in [3.8, 4) is 45.6 Å². The summed E-state index contributed by atoms with van der Waals surface area (Å²) in [5.41, 5.74) is 9.63. The van der Waals surface area contributed by atoms with Crippen molar-refractivity contribution in [2.24, 2.45) is 0 Å². The molecule has 0 aliphatic heterocycles. The summed E-state index contributed by atoms with van der Waals surface area (Å²) in [7, 11) is 0. The van der Waals surface area contributed by atoms with Crippen LogP contribution in [0.5, 0.6) is 34.5 Å². The smallest absolute Gasteiger partial charge is 0.123 e. The van der Waals surface area contributed by atoms with Crippen LogP contribution in [0.1, 0.15) is 60.2 Å². The Morgan fingerprint density at radius 2 is 0.679 bits per heavy atom. The minimum atomic E-state index is -0.235. The third kappa shape index (κ3) is 13.6. The molecule has 0 saturated carbocycles. The fraction of sp³-hybridized carbons (Fsp3) is 0.160. The van der Waals surface area contributed by atoms with Crippen molar-refractivity contribution in [1.82, 2.24) is 0 Å². The van der Waals surface area contributed by atoms with Gasteiger partial charge in [0.15, 0.2) is 0 Å². The Bertz CT molecular complexity index is 2060. The Morgan fingerprint density at radius 1 is 0.375 bits per heavy atom. The zero-order valence-corrected chi connectivity index (χ0v) is 32.0. The van der Waals surface area contributed by atoms with Crippen molar-refractivity contribution < 1.29 is 30.6 Å². The van der Waals surface area contributed by atoms with E-state index in [4.69, 9.17) is 20.4 Å². The lowest BCUT2D eigenvalue weighted by atomic mass is 9.77. The summed E-state index contributed by atoms with van der Waals surface area (Å²) in [4.78, 5) is 0. The van der Waals surface area contributed by atoms with E-state index in [2.05, 4.69) is 13.8 Å². The van der Waals surface area contributed by atoms with Gasteiger partial charge in [-0.1, -0.05) is 129 Å². The highest BCUT2D eigenvalue weighted by Gasteiger charge is 2.24. The number of aromatic hydroxyl groups is 6. The maximum atomic E-state index is 10.3. The molecule has 0 spiro atoms. The van der Waals surface area contributed by atoms with E-state index >= 15 is 0 Å². The van der Waals surface area contributed by atoms with Crippen molar-refractivity contribution in [2.45, 2.75) is 53.9 Å². The van der Waals surface area contributed by atoms with Crippen LogP contribution in [-0.2, 0) is 11.8 Å². The molecule has 7 rings (SSSR count). The molecule has 0 aliphatic rings. The van der Waals surface area contributed by atoms with Gasteiger partial charge in [-0.3, -0.25) is 0 Å². The van der Waals surface area contributed by atoms with Crippen LogP contribution in [0, 0.1) is 20.8 Å². The van der Waals surface area contributed by atoms with Crippen molar-refractivity contribution in [2.75, 3.05) is 0 Å². The molecule has 6 nitrogen and oxygen atoms in total. The number of hydrogen-bond donors (Lipinski definition) is 6. The normalized spacial score (nSPS) is 10.2. The van der Waals surface area contributed by atoms with Gasteiger partial charge < -0.3 is 30.6 Å². The summed E-state index contributed by atoms with van der Waals surface area (Å²) in [5.74, 6) is 1.77. The molecular formula is C50H54O6. The number of aryl methyl sites for hydroxylation is 3. The Labute approximate surface area is 331 Å². The van der Waals surface area contributed by atoms with Crippen LogP contribution < -0.4 is 0 Å². The zero-order valence-electron chi connectivity index (χ0n) is 32.0. The molecule has 0 radical (unpaired) electrons. The van der Waals surface area contributed by atoms with Crippen LogP contribution in [0.25, 0.3) is 11.1 Å². The highest BCUT2D eigenvalue weighted by Crippen LogP contribution is 2.38. The van der Waals surface area contributed by atoms with Gasteiger partial charge in [-0.05, 0) is 128 Å². The average Bonchev–Trinajstić information content (AvgIpc) is 3.17. The quantitative estimate of drug-likeness (QED) is 0.104. The largest absolute Gasteiger partial charge is 0.508 e. The first-order valence-corrected chi connectivity index (χ1v) is 18.0. The lowest BCUT2D eigenvalue weighted by Crippen LogP contribution is -2.18. The highest BCUT2D eigenvalue weighted by molar-refractivity contribution is 5.71. The van der Waals surface area contributed by atoms with E-state index in [9.17, 15) is 10.2 Å². The molecule has 6 N–H and O–H groups in total. The van der Waals surface area contributed by atoms with Gasteiger partial charge in [-0.15, -0.1) is 0 Å². The number of phenols is 6. The predicted molar refractivity (Wildman–Crippen MR) is 230 cm³/mol. The average molecular weight is 751 g/mol. The summed E-state index contributed by atoms with van der Waals surface area (Å²) in [6, 6.07) is 49.7. The molecule has 0 aliphatic carbocycles. The van der Waals surface area contributed by atoms with E-state index in [-0.39, 0.29) is 35.8 Å². The van der Waals surface area contributed by atoms with Gasteiger partial charge >= 0.3 is 0 Å². The Morgan fingerprint density at radius 3 is 1.04 bits per heavy atom. The molecule has 6 heteroatoms. The standard InChI is InChI=1S/C22H22O2.C13H12O2.2C7H8O.CH4/c1-15-4-6-16(7-5-15)20-14-18(10-13-21(20)24)22(2,3)17-8-11-19(23)12-9-17;14-12-5-1-10(2-6-12)9-11-3-7-13(15)8-4-11;2*1-6-2-4-7(8)5-3-6;/h4-14,23-24H,1-3H3;1-8,14-15H,9H2;2*2-5,8H,1H3;1H4. The number of phenolic OH excluding ortho intramolecular Hbond substituents is 6. The minimum Gasteiger partial charge on any atom is -0.508 e.